The molecule has 2 rings (SSSR count). The molecule has 86 valence electrons. The second kappa shape index (κ2) is 4.64. The average Bonchev–Trinajstić information content (AvgIpc) is 2.29. The van der Waals surface area contributed by atoms with E-state index in [0.717, 1.165) is 25.7 Å². The van der Waals surface area contributed by atoms with Gasteiger partial charge in [-0.15, -0.1) is 0 Å². The summed E-state index contributed by atoms with van der Waals surface area (Å²) < 4.78 is 13.2. The van der Waals surface area contributed by atoms with Crippen molar-refractivity contribution in [2.45, 2.75) is 38.0 Å². The molecule has 1 aromatic carbocycles. The minimum absolute atomic E-state index is 0.218. The van der Waals surface area contributed by atoms with Gasteiger partial charge in [-0.2, -0.15) is 0 Å². The predicted octanol–water partition coefficient (Wildman–Crippen LogP) is 3.57. The Morgan fingerprint density at radius 3 is 2.56 bits per heavy atom. The van der Waals surface area contributed by atoms with Crippen molar-refractivity contribution in [1.29, 1.82) is 0 Å². The molecule has 16 heavy (non-hydrogen) atoms. The molecule has 1 aliphatic rings. The number of aromatic carboxylic acids is 1. The maximum atomic E-state index is 13.2. The van der Waals surface area contributed by atoms with E-state index >= 15 is 0 Å². The molecular formula is C13H15FO2. The van der Waals surface area contributed by atoms with Crippen LogP contribution in [0, 0.1) is 5.82 Å². The van der Waals surface area contributed by atoms with Crippen molar-refractivity contribution in [3.8, 4) is 0 Å². The third kappa shape index (κ3) is 2.23. The number of carboxylic acid groups (broad SMARTS) is 1. The van der Waals surface area contributed by atoms with Gasteiger partial charge in [0.1, 0.15) is 5.82 Å². The van der Waals surface area contributed by atoms with Crippen molar-refractivity contribution in [3.05, 3.63) is 35.1 Å². The zero-order valence-corrected chi connectivity index (χ0v) is 9.08. The first-order chi connectivity index (χ1) is 7.68. The minimum atomic E-state index is -0.958. The Labute approximate surface area is 94.1 Å². The number of carbonyl (C=O) groups is 1. The molecule has 1 N–H and O–H groups in total. The van der Waals surface area contributed by atoms with Gasteiger partial charge in [-0.3, -0.25) is 0 Å². The van der Waals surface area contributed by atoms with Crippen LogP contribution in [0.25, 0.3) is 0 Å². The molecule has 2 nitrogen and oxygen atoms in total. The molecule has 0 spiro atoms. The van der Waals surface area contributed by atoms with E-state index in [2.05, 4.69) is 0 Å². The molecule has 1 aromatic rings. The SMILES string of the molecule is O=C(O)c1ccc(F)cc1C1CCCCC1. The lowest BCUT2D eigenvalue weighted by Gasteiger charge is -2.23. The van der Waals surface area contributed by atoms with Crippen molar-refractivity contribution in [2.24, 2.45) is 0 Å². The third-order valence-electron chi connectivity index (χ3n) is 3.29. The van der Waals surface area contributed by atoms with Gasteiger partial charge in [-0.1, -0.05) is 19.3 Å². The number of rotatable bonds is 2. The molecule has 0 aliphatic heterocycles. The van der Waals surface area contributed by atoms with Gasteiger partial charge in [0.05, 0.1) is 5.56 Å². The van der Waals surface area contributed by atoms with Crippen molar-refractivity contribution >= 4 is 5.97 Å². The number of halogens is 1. The van der Waals surface area contributed by atoms with Gasteiger partial charge in [0.25, 0.3) is 0 Å². The second-order valence-corrected chi connectivity index (χ2v) is 4.37. The summed E-state index contributed by atoms with van der Waals surface area (Å²) in [6.45, 7) is 0. The molecule has 0 bridgehead atoms. The fraction of sp³-hybridized carbons (Fsp3) is 0.462. The van der Waals surface area contributed by atoms with Gasteiger partial charge in [0, 0.05) is 0 Å². The van der Waals surface area contributed by atoms with E-state index in [4.69, 9.17) is 5.11 Å². The lowest BCUT2D eigenvalue weighted by molar-refractivity contribution is 0.0694. The summed E-state index contributed by atoms with van der Waals surface area (Å²) in [5.74, 6) is -1.08. The first-order valence-electron chi connectivity index (χ1n) is 5.71. The summed E-state index contributed by atoms with van der Waals surface area (Å²) in [5, 5.41) is 9.06. The summed E-state index contributed by atoms with van der Waals surface area (Å²) in [7, 11) is 0. The highest BCUT2D eigenvalue weighted by atomic mass is 19.1. The summed E-state index contributed by atoms with van der Waals surface area (Å²) in [4.78, 5) is 11.1. The molecule has 0 radical (unpaired) electrons. The molecule has 1 saturated carbocycles. The molecule has 0 heterocycles. The first kappa shape index (κ1) is 11.1. The number of hydrogen-bond acceptors (Lipinski definition) is 1. The molecular weight excluding hydrogens is 207 g/mol. The van der Waals surface area contributed by atoms with E-state index in [1.165, 1.54) is 24.6 Å². The predicted molar refractivity (Wildman–Crippen MR) is 59.2 cm³/mol. The Morgan fingerprint density at radius 2 is 1.94 bits per heavy atom. The van der Waals surface area contributed by atoms with Crippen LogP contribution >= 0.6 is 0 Å². The first-order valence-corrected chi connectivity index (χ1v) is 5.71. The molecule has 0 unspecified atom stereocenters. The van der Waals surface area contributed by atoms with Crippen LogP contribution in [0.4, 0.5) is 4.39 Å². The average molecular weight is 222 g/mol. The fourth-order valence-corrected chi connectivity index (χ4v) is 2.48. The number of carboxylic acids is 1. The van der Waals surface area contributed by atoms with E-state index in [0.29, 0.717) is 5.56 Å². The van der Waals surface area contributed by atoms with Gasteiger partial charge in [-0.05, 0) is 42.5 Å². The van der Waals surface area contributed by atoms with E-state index in [1.807, 2.05) is 0 Å². The molecule has 3 heteroatoms. The lowest BCUT2D eigenvalue weighted by Crippen LogP contribution is -2.11. The van der Waals surface area contributed by atoms with Gasteiger partial charge in [0.2, 0.25) is 0 Å². The Kier molecular flexibility index (Phi) is 3.22. The Balaban J connectivity index is 2.36. The van der Waals surface area contributed by atoms with Crippen LogP contribution in [0.2, 0.25) is 0 Å². The van der Waals surface area contributed by atoms with Gasteiger partial charge < -0.3 is 5.11 Å². The Hall–Kier alpha value is -1.38. The van der Waals surface area contributed by atoms with E-state index in [1.54, 1.807) is 0 Å². The van der Waals surface area contributed by atoms with Gasteiger partial charge in [0.15, 0.2) is 0 Å². The summed E-state index contributed by atoms with van der Waals surface area (Å²) >= 11 is 0. The maximum Gasteiger partial charge on any atom is 0.335 e. The normalized spacial score (nSPS) is 17.3. The smallest absolute Gasteiger partial charge is 0.335 e. The highest BCUT2D eigenvalue weighted by Crippen LogP contribution is 2.34. The highest BCUT2D eigenvalue weighted by molar-refractivity contribution is 5.89. The van der Waals surface area contributed by atoms with E-state index in [9.17, 15) is 9.18 Å². The van der Waals surface area contributed by atoms with Crippen LogP contribution in [0.3, 0.4) is 0 Å². The Morgan fingerprint density at radius 1 is 1.25 bits per heavy atom. The van der Waals surface area contributed by atoms with Crippen molar-refractivity contribution < 1.29 is 14.3 Å². The topological polar surface area (TPSA) is 37.3 Å². The summed E-state index contributed by atoms with van der Waals surface area (Å²) in [6.07, 6.45) is 5.38. The van der Waals surface area contributed by atoms with Crippen molar-refractivity contribution in [3.63, 3.8) is 0 Å². The zero-order chi connectivity index (χ0) is 11.5. The highest BCUT2D eigenvalue weighted by Gasteiger charge is 2.21. The van der Waals surface area contributed by atoms with Crippen molar-refractivity contribution in [1.82, 2.24) is 0 Å². The quantitative estimate of drug-likeness (QED) is 0.830. The lowest BCUT2D eigenvalue weighted by atomic mass is 9.82. The van der Waals surface area contributed by atoms with Crippen LogP contribution in [0.15, 0.2) is 18.2 Å². The summed E-state index contributed by atoms with van der Waals surface area (Å²) in [5.41, 5.74) is 0.931. The van der Waals surface area contributed by atoms with Gasteiger partial charge >= 0.3 is 5.97 Å². The van der Waals surface area contributed by atoms with Gasteiger partial charge in [-0.25, -0.2) is 9.18 Å². The molecule has 0 atom stereocenters. The molecule has 0 aromatic heterocycles. The molecule has 0 saturated heterocycles. The monoisotopic (exact) mass is 222 g/mol. The second-order valence-electron chi connectivity index (χ2n) is 4.37. The molecule has 0 amide bonds. The minimum Gasteiger partial charge on any atom is -0.478 e. The van der Waals surface area contributed by atoms with E-state index in [-0.39, 0.29) is 17.3 Å². The van der Waals surface area contributed by atoms with E-state index < -0.39 is 5.97 Å². The standard InChI is InChI=1S/C13H15FO2/c14-10-6-7-11(13(15)16)12(8-10)9-4-2-1-3-5-9/h6-9H,1-5H2,(H,15,16). The number of benzene rings is 1. The fourth-order valence-electron chi connectivity index (χ4n) is 2.48. The molecule has 1 aliphatic carbocycles. The van der Waals surface area contributed by atoms with Crippen LogP contribution in [-0.4, -0.2) is 11.1 Å². The third-order valence-corrected chi connectivity index (χ3v) is 3.29. The van der Waals surface area contributed by atoms with Crippen LogP contribution in [0.5, 0.6) is 0 Å². The van der Waals surface area contributed by atoms with Crippen LogP contribution < -0.4 is 0 Å². The maximum absolute atomic E-state index is 13.2. The summed E-state index contributed by atoms with van der Waals surface area (Å²) in [6, 6.07) is 3.98. The number of hydrogen-bond donors (Lipinski definition) is 1. The zero-order valence-electron chi connectivity index (χ0n) is 9.08. The Bertz CT molecular complexity index is 395. The van der Waals surface area contributed by atoms with Crippen LogP contribution in [-0.2, 0) is 0 Å². The molecule has 1 fully saturated rings. The largest absolute Gasteiger partial charge is 0.478 e. The van der Waals surface area contributed by atoms with Crippen molar-refractivity contribution in [2.75, 3.05) is 0 Å². The van der Waals surface area contributed by atoms with Crippen LogP contribution in [0.1, 0.15) is 53.9 Å².